The van der Waals surface area contributed by atoms with Crippen LogP contribution in [0.2, 0.25) is 0 Å². The molecule has 0 saturated carbocycles. The smallest absolute Gasteiger partial charge is 0.0797 e. The van der Waals surface area contributed by atoms with Crippen molar-refractivity contribution in [1.82, 2.24) is 9.97 Å². The zero-order chi connectivity index (χ0) is 12.4. The van der Waals surface area contributed by atoms with Gasteiger partial charge in [0.1, 0.15) is 0 Å². The minimum Gasteiger partial charge on any atom is -0.261 e. The van der Waals surface area contributed by atoms with Crippen LogP contribution in [0.4, 0.5) is 0 Å². The molecule has 0 spiro atoms. The largest absolute Gasteiger partial charge is 0.261 e. The first-order chi connectivity index (χ1) is 8.84. The highest BCUT2D eigenvalue weighted by molar-refractivity contribution is 7.13. The van der Waals surface area contributed by atoms with Crippen LogP contribution in [0.5, 0.6) is 0 Å². The predicted octanol–water partition coefficient (Wildman–Crippen LogP) is 4.18. The number of aryl methyl sites for hydroxylation is 1. The molecule has 88 valence electrons. The van der Waals surface area contributed by atoms with E-state index in [1.807, 2.05) is 30.9 Å². The summed E-state index contributed by atoms with van der Waals surface area (Å²) in [6, 6.07) is 12.5. The number of nitrogens with zero attached hydrogens (tertiary/aromatic N) is 2. The van der Waals surface area contributed by atoms with Crippen LogP contribution in [-0.4, -0.2) is 9.97 Å². The number of rotatable bonds is 2. The van der Waals surface area contributed by atoms with Crippen molar-refractivity contribution in [3.8, 4) is 21.6 Å². The molecule has 1 aromatic carbocycles. The molecule has 3 rings (SSSR count). The molecule has 18 heavy (non-hydrogen) atoms. The fourth-order valence-electron chi connectivity index (χ4n) is 1.96. The summed E-state index contributed by atoms with van der Waals surface area (Å²) >= 11 is 1.64. The molecule has 0 atom stereocenters. The normalized spacial score (nSPS) is 10.5. The van der Waals surface area contributed by atoms with Crippen LogP contribution in [0.3, 0.4) is 0 Å². The Morgan fingerprint density at radius 3 is 2.56 bits per heavy atom. The Labute approximate surface area is 110 Å². The van der Waals surface area contributed by atoms with E-state index in [0.717, 1.165) is 16.1 Å². The maximum atomic E-state index is 4.40. The standard InChI is InChI=1S/C15H12N2S/c1-11-7-13(12-5-3-2-4-6-12)14(8-17-11)15-9-16-10-18-15/h2-10H,1H3. The SMILES string of the molecule is Cc1cc(-c2ccccc2)c(-c2cncs2)cn1. The summed E-state index contributed by atoms with van der Waals surface area (Å²) in [7, 11) is 0. The Bertz CT molecular complexity index is 646. The van der Waals surface area contributed by atoms with E-state index in [2.05, 4.69) is 40.3 Å². The Kier molecular flexibility index (Phi) is 2.90. The molecule has 0 aliphatic carbocycles. The van der Waals surface area contributed by atoms with Crippen molar-refractivity contribution in [2.45, 2.75) is 6.92 Å². The lowest BCUT2D eigenvalue weighted by Crippen LogP contribution is -1.88. The Morgan fingerprint density at radius 1 is 1.00 bits per heavy atom. The van der Waals surface area contributed by atoms with Gasteiger partial charge in [-0.05, 0) is 24.1 Å². The number of aromatic nitrogens is 2. The molecule has 2 nitrogen and oxygen atoms in total. The Hall–Kier alpha value is -2.00. The molecule has 0 aliphatic heterocycles. The molecule has 2 aromatic heterocycles. The van der Waals surface area contributed by atoms with Gasteiger partial charge in [-0.3, -0.25) is 9.97 Å². The second kappa shape index (κ2) is 4.70. The molecule has 0 saturated heterocycles. The summed E-state index contributed by atoms with van der Waals surface area (Å²) in [4.78, 5) is 9.70. The van der Waals surface area contributed by atoms with Crippen molar-refractivity contribution < 1.29 is 0 Å². The lowest BCUT2D eigenvalue weighted by atomic mass is 10.0. The van der Waals surface area contributed by atoms with Gasteiger partial charge in [0.2, 0.25) is 0 Å². The second-order valence-corrected chi connectivity index (χ2v) is 4.99. The molecular formula is C15H12N2S. The van der Waals surface area contributed by atoms with Crippen molar-refractivity contribution in [2.75, 3.05) is 0 Å². The van der Waals surface area contributed by atoms with Crippen LogP contribution < -0.4 is 0 Å². The number of pyridine rings is 1. The van der Waals surface area contributed by atoms with E-state index in [0.29, 0.717) is 0 Å². The average Bonchev–Trinajstić information content (AvgIpc) is 2.93. The molecule has 0 amide bonds. The molecule has 0 radical (unpaired) electrons. The molecule has 0 bridgehead atoms. The first-order valence-corrected chi connectivity index (χ1v) is 6.63. The van der Waals surface area contributed by atoms with Gasteiger partial charge in [0, 0.05) is 23.7 Å². The summed E-state index contributed by atoms with van der Waals surface area (Å²) in [5.74, 6) is 0. The molecule has 3 heteroatoms. The minimum atomic E-state index is 1.03. The van der Waals surface area contributed by atoms with Gasteiger partial charge in [0.15, 0.2) is 0 Å². The number of hydrogen-bond donors (Lipinski definition) is 0. The van der Waals surface area contributed by atoms with Gasteiger partial charge in [0.25, 0.3) is 0 Å². The van der Waals surface area contributed by atoms with Gasteiger partial charge >= 0.3 is 0 Å². The lowest BCUT2D eigenvalue weighted by Gasteiger charge is -2.08. The second-order valence-electron chi connectivity index (χ2n) is 4.10. The monoisotopic (exact) mass is 252 g/mol. The molecule has 0 fully saturated rings. The van der Waals surface area contributed by atoms with Crippen molar-refractivity contribution in [1.29, 1.82) is 0 Å². The van der Waals surface area contributed by atoms with Crippen LogP contribution in [0.25, 0.3) is 21.6 Å². The zero-order valence-corrected chi connectivity index (χ0v) is 10.8. The van der Waals surface area contributed by atoms with Gasteiger partial charge in [-0.25, -0.2) is 0 Å². The highest BCUT2D eigenvalue weighted by Crippen LogP contribution is 2.33. The number of thiazole rings is 1. The van der Waals surface area contributed by atoms with Crippen LogP contribution >= 0.6 is 11.3 Å². The summed E-state index contributed by atoms with van der Waals surface area (Å²) in [5.41, 5.74) is 6.46. The van der Waals surface area contributed by atoms with E-state index in [9.17, 15) is 0 Å². The van der Waals surface area contributed by atoms with Gasteiger partial charge in [-0.2, -0.15) is 0 Å². The van der Waals surface area contributed by atoms with Crippen LogP contribution in [0.1, 0.15) is 5.69 Å². The molecule has 0 N–H and O–H groups in total. The van der Waals surface area contributed by atoms with E-state index >= 15 is 0 Å². The van der Waals surface area contributed by atoms with E-state index in [-0.39, 0.29) is 0 Å². The van der Waals surface area contributed by atoms with Crippen LogP contribution in [-0.2, 0) is 0 Å². The topological polar surface area (TPSA) is 25.8 Å². The van der Waals surface area contributed by atoms with Crippen molar-refractivity contribution in [3.05, 3.63) is 60.0 Å². The maximum absolute atomic E-state index is 4.40. The van der Waals surface area contributed by atoms with Gasteiger partial charge in [0.05, 0.1) is 10.4 Å². The molecular weight excluding hydrogens is 240 g/mol. The number of hydrogen-bond acceptors (Lipinski definition) is 3. The summed E-state index contributed by atoms with van der Waals surface area (Å²) in [5, 5.41) is 0. The zero-order valence-electron chi connectivity index (χ0n) is 10.00. The summed E-state index contributed by atoms with van der Waals surface area (Å²) in [6.07, 6.45) is 3.83. The third-order valence-corrected chi connectivity index (χ3v) is 3.63. The van der Waals surface area contributed by atoms with Gasteiger partial charge < -0.3 is 0 Å². The third kappa shape index (κ3) is 2.05. The first-order valence-electron chi connectivity index (χ1n) is 5.75. The molecule has 3 aromatic rings. The van der Waals surface area contributed by atoms with Crippen molar-refractivity contribution in [3.63, 3.8) is 0 Å². The van der Waals surface area contributed by atoms with Crippen LogP contribution in [0, 0.1) is 6.92 Å². The average molecular weight is 252 g/mol. The predicted molar refractivity (Wildman–Crippen MR) is 75.5 cm³/mol. The highest BCUT2D eigenvalue weighted by Gasteiger charge is 2.09. The minimum absolute atomic E-state index is 1.03. The summed E-state index contributed by atoms with van der Waals surface area (Å²) < 4.78 is 0. The highest BCUT2D eigenvalue weighted by atomic mass is 32.1. The lowest BCUT2D eigenvalue weighted by molar-refractivity contribution is 1.20. The van der Waals surface area contributed by atoms with Gasteiger partial charge in [-0.1, -0.05) is 30.3 Å². The molecule has 2 heterocycles. The van der Waals surface area contributed by atoms with E-state index in [1.165, 1.54) is 11.1 Å². The number of benzene rings is 1. The maximum Gasteiger partial charge on any atom is 0.0797 e. The Balaban J connectivity index is 2.22. The van der Waals surface area contributed by atoms with E-state index in [4.69, 9.17) is 0 Å². The Morgan fingerprint density at radius 2 is 1.83 bits per heavy atom. The van der Waals surface area contributed by atoms with Gasteiger partial charge in [-0.15, -0.1) is 11.3 Å². The molecule has 0 aliphatic rings. The fraction of sp³-hybridized carbons (Fsp3) is 0.0667. The first kappa shape index (κ1) is 11.1. The van der Waals surface area contributed by atoms with E-state index < -0.39 is 0 Å². The molecule has 0 unspecified atom stereocenters. The quantitative estimate of drug-likeness (QED) is 0.683. The van der Waals surface area contributed by atoms with E-state index in [1.54, 1.807) is 11.3 Å². The van der Waals surface area contributed by atoms with Crippen molar-refractivity contribution >= 4 is 11.3 Å². The van der Waals surface area contributed by atoms with Crippen LogP contribution in [0.15, 0.2) is 54.3 Å². The fourth-order valence-corrected chi connectivity index (χ4v) is 2.61. The van der Waals surface area contributed by atoms with Crippen molar-refractivity contribution in [2.24, 2.45) is 0 Å². The summed E-state index contributed by atoms with van der Waals surface area (Å²) in [6.45, 7) is 2.02. The third-order valence-electron chi connectivity index (χ3n) is 2.82.